The molecule has 0 aliphatic carbocycles. The molecule has 0 saturated heterocycles. The number of carbonyl (C=O) groups is 1. The van der Waals surface area contributed by atoms with E-state index < -0.39 is 0 Å². The van der Waals surface area contributed by atoms with Crippen LogP contribution in [0.25, 0.3) is 22.6 Å². The number of nitrogens with zero attached hydrogens (tertiary/aromatic N) is 1. The average Bonchev–Trinajstić information content (AvgIpc) is 3.17. The Hall–Kier alpha value is -3.42. The van der Waals surface area contributed by atoms with Gasteiger partial charge < -0.3 is 14.5 Å². The van der Waals surface area contributed by atoms with E-state index in [9.17, 15) is 4.79 Å². The summed E-state index contributed by atoms with van der Waals surface area (Å²) in [5, 5.41) is 6.33. The maximum absolute atomic E-state index is 12.3. The standard InChI is InChI=1S/C23H18ClN3O3S/c1-13-3-5-14(6-4-13)21(28)27-23(31)25-16-8-10-20-18(12-16)26-22(30-20)15-7-9-19(29-2)17(24)11-15/h3-12H,1-2H3,(H2,25,27,28,31). The average molecular weight is 452 g/mol. The van der Waals surface area contributed by atoms with E-state index in [1.165, 1.54) is 0 Å². The predicted octanol–water partition coefficient (Wildman–Crippen LogP) is 5.59. The van der Waals surface area contributed by atoms with Crippen LogP contribution in [-0.2, 0) is 0 Å². The highest BCUT2D eigenvalue weighted by atomic mass is 35.5. The number of aryl methyl sites for hydroxylation is 1. The SMILES string of the molecule is COc1ccc(-c2nc3cc(NC(=S)NC(=O)c4ccc(C)cc4)ccc3o2)cc1Cl. The van der Waals surface area contributed by atoms with Crippen molar-refractivity contribution >= 4 is 51.6 Å². The van der Waals surface area contributed by atoms with Crippen LogP contribution in [0.1, 0.15) is 15.9 Å². The van der Waals surface area contributed by atoms with Gasteiger partial charge in [-0.2, -0.15) is 0 Å². The second kappa shape index (κ2) is 8.75. The molecular formula is C23H18ClN3O3S. The van der Waals surface area contributed by atoms with E-state index >= 15 is 0 Å². The molecule has 0 aliphatic rings. The molecule has 6 nitrogen and oxygen atoms in total. The summed E-state index contributed by atoms with van der Waals surface area (Å²) in [7, 11) is 1.56. The second-order valence-electron chi connectivity index (χ2n) is 6.83. The van der Waals surface area contributed by atoms with Crippen molar-refractivity contribution in [2.45, 2.75) is 6.92 Å². The van der Waals surface area contributed by atoms with Gasteiger partial charge in [0, 0.05) is 16.8 Å². The summed E-state index contributed by atoms with van der Waals surface area (Å²) in [5.41, 5.74) is 4.27. The Bertz CT molecular complexity index is 1290. The Morgan fingerprint density at radius 3 is 2.58 bits per heavy atom. The molecule has 0 aliphatic heterocycles. The minimum atomic E-state index is -0.279. The van der Waals surface area contributed by atoms with E-state index in [1.54, 1.807) is 49.6 Å². The molecule has 1 amide bonds. The molecule has 0 unspecified atom stereocenters. The highest BCUT2D eigenvalue weighted by molar-refractivity contribution is 7.80. The van der Waals surface area contributed by atoms with E-state index in [-0.39, 0.29) is 11.0 Å². The van der Waals surface area contributed by atoms with Crippen LogP contribution in [0.2, 0.25) is 5.02 Å². The first-order valence-electron chi connectivity index (χ1n) is 9.36. The fourth-order valence-corrected chi connectivity index (χ4v) is 3.44. The number of aromatic nitrogens is 1. The molecule has 1 aromatic heterocycles. The lowest BCUT2D eigenvalue weighted by Crippen LogP contribution is -2.34. The zero-order valence-corrected chi connectivity index (χ0v) is 18.3. The molecule has 4 aromatic rings. The Kier molecular flexibility index (Phi) is 5.88. The quantitative estimate of drug-likeness (QED) is 0.394. The Morgan fingerprint density at radius 2 is 1.87 bits per heavy atom. The van der Waals surface area contributed by atoms with Crippen LogP contribution in [0.3, 0.4) is 0 Å². The molecule has 1 heterocycles. The van der Waals surface area contributed by atoms with Gasteiger partial charge >= 0.3 is 0 Å². The largest absolute Gasteiger partial charge is 0.495 e. The molecule has 0 saturated carbocycles. The summed E-state index contributed by atoms with van der Waals surface area (Å²) in [4.78, 5) is 16.8. The predicted molar refractivity (Wildman–Crippen MR) is 126 cm³/mol. The minimum absolute atomic E-state index is 0.190. The Labute approximate surface area is 189 Å². The van der Waals surface area contributed by atoms with Crippen molar-refractivity contribution in [3.63, 3.8) is 0 Å². The normalized spacial score (nSPS) is 10.7. The van der Waals surface area contributed by atoms with Gasteiger partial charge in [0.25, 0.3) is 5.91 Å². The number of anilines is 1. The monoisotopic (exact) mass is 451 g/mol. The van der Waals surface area contributed by atoms with E-state index in [4.69, 9.17) is 33.0 Å². The third kappa shape index (κ3) is 4.68. The topological polar surface area (TPSA) is 76.4 Å². The summed E-state index contributed by atoms with van der Waals surface area (Å²) < 4.78 is 11.0. The summed E-state index contributed by atoms with van der Waals surface area (Å²) in [6, 6.07) is 17.9. The molecular weight excluding hydrogens is 434 g/mol. The van der Waals surface area contributed by atoms with Crippen LogP contribution < -0.4 is 15.4 Å². The number of rotatable bonds is 4. The van der Waals surface area contributed by atoms with Crippen LogP contribution >= 0.6 is 23.8 Å². The van der Waals surface area contributed by atoms with E-state index in [2.05, 4.69) is 15.6 Å². The van der Waals surface area contributed by atoms with Crippen molar-refractivity contribution in [3.8, 4) is 17.2 Å². The van der Waals surface area contributed by atoms with Gasteiger partial charge in [-0.1, -0.05) is 29.3 Å². The van der Waals surface area contributed by atoms with Crippen LogP contribution in [0, 0.1) is 6.92 Å². The zero-order chi connectivity index (χ0) is 22.0. The number of carbonyl (C=O) groups excluding carboxylic acids is 1. The lowest BCUT2D eigenvalue weighted by molar-refractivity contribution is 0.0977. The molecule has 8 heteroatoms. The number of amides is 1. The number of thiocarbonyl (C=S) groups is 1. The number of oxazole rings is 1. The van der Waals surface area contributed by atoms with Crippen LogP contribution in [0.5, 0.6) is 5.75 Å². The fraction of sp³-hybridized carbons (Fsp3) is 0.0870. The third-order valence-electron chi connectivity index (χ3n) is 4.58. The highest BCUT2D eigenvalue weighted by Gasteiger charge is 2.12. The summed E-state index contributed by atoms with van der Waals surface area (Å²) in [6.07, 6.45) is 0. The first-order chi connectivity index (χ1) is 14.9. The number of halogens is 1. The van der Waals surface area contributed by atoms with Gasteiger partial charge in [-0.3, -0.25) is 10.1 Å². The van der Waals surface area contributed by atoms with Gasteiger partial charge in [-0.05, 0) is 67.7 Å². The van der Waals surface area contributed by atoms with Gasteiger partial charge in [-0.25, -0.2) is 4.98 Å². The van der Waals surface area contributed by atoms with Gasteiger partial charge in [0.2, 0.25) is 5.89 Å². The van der Waals surface area contributed by atoms with Gasteiger partial charge in [-0.15, -0.1) is 0 Å². The van der Waals surface area contributed by atoms with Crippen molar-refractivity contribution in [2.24, 2.45) is 0 Å². The number of ether oxygens (including phenoxy) is 1. The van der Waals surface area contributed by atoms with E-state index in [0.717, 1.165) is 11.1 Å². The maximum atomic E-state index is 12.3. The summed E-state index contributed by atoms with van der Waals surface area (Å²) in [5.74, 6) is 0.736. The number of benzene rings is 3. The van der Waals surface area contributed by atoms with Crippen LogP contribution in [0.4, 0.5) is 5.69 Å². The molecule has 0 spiro atoms. The molecule has 4 rings (SSSR count). The zero-order valence-electron chi connectivity index (χ0n) is 16.7. The Morgan fingerprint density at radius 1 is 1.10 bits per heavy atom. The molecule has 3 aromatic carbocycles. The first-order valence-corrected chi connectivity index (χ1v) is 10.1. The second-order valence-corrected chi connectivity index (χ2v) is 7.64. The summed E-state index contributed by atoms with van der Waals surface area (Å²) in [6.45, 7) is 1.96. The van der Waals surface area contributed by atoms with Crippen LogP contribution in [-0.4, -0.2) is 23.1 Å². The number of methoxy groups -OCH3 is 1. The maximum Gasteiger partial charge on any atom is 0.257 e. The molecule has 2 N–H and O–H groups in total. The molecule has 0 radical (unpaired) electrons. The smallest absolute Gasteiger partial charge is 0.257 e. The lowest BCUT2D eigenvalue weighted by Gasteiger charge is -2.09. The third-order valence-corrected chi connectivity index (χ3v) is 5.08. The van der Waals surface area contributed by atoms with Crippen molar-refractivity contribution in [3.05, 3.63) is 76.8 Å². The number of hydrogen-bond donors (Lipinski definition) is 2. The van der Waals surface area contributed by atoms with E-state index in [1.807, 2.05) is 25.1 Å². The number of fused-ring (bicyclic) bond motifs is 1. The van der Waals surface area contributed by atoms with Crippen molar-refractivity contribution in [1.29, 1.82) is 0 Å². The minimum Gasteiger partial charge on any atom is -0.495 e. The summed E-state index contributed by atoms with van der Waals surface area (Å²) >= 11 is 11.5. The molecule has 156 valence electrons. The lowest BCUT2D eigenvalue weighted by atomic mass is 10.1. The van der Waals surface area contributed by atoms with Crippen molar-refractivity contribution in [1.82, 2.24) is 10.3 Å². The van der Waals surface area contributed by atoms with Gasteiger partial charge in [0.1, 0.15) is 11.3 Å². The first kappa shape index (κ1) is 20.8. The molecule has 0 bridgehead atoms. The van der Waals surface area contributed by atoms with Crippen molar-refractivity contribution in [2.75, 3.05) is 12.4 Å². The van der Waals surface area contributed by atoms with Gasteiger partial charge in [0.05, 0.1) is 12.1 Å². The van der Waals surface area contributed by atoms with Crippen molar-refractivity contribution < 1.29 is 13.9 Å². The molecule has 31 heavy (non-hydrogen) atoms. The van der Waals surface area contributed by atoms with Crippen LogP contribution in [0.15, 0.2) is 65.1 Å². The number of nitrogens with one attached hydrogen (secondary N) is 2. The van der Waals surface area contributed by atoms with E-state index in [0.29, 0.717) is 39.0 Å². The Balaban J connectivity index is 1.49. The van der Waals surface area contributed by atoms with Gasteiger partial charge in [0.15, 0.2) is 10.7 Å². The molecule has 0 atom stereocenters. The highest BCUT2D eigenvalue weighted by Crippen LogP contribution is 2.32. The number of hydrogen-bond acceptors (Lipinski definition) is 5. The molecule has 0 fully saturated rings. The fourth-order valence-electron chi connectivity index (χ4n) is 2.97.